The maximum absolute atomic E-state index is 12.5. The van der Waals surface area contributed by atoms with Gasteiger partial charge < -0.3 is 4.90 Å². The third kappa shape index (κ3) is 4.53. The average molecular weight is 368 g/mol. The summed E-state index contributed by atoms with van der Waals surface area (Å²) in [5, 5.41) is 12.2. The quantitative estimate of drug-likeness (QED) is 0.782. The molecule has 0 spiro atoms. The fourth-order valence-electron chi connectivity index (χ4n) is 4.21. The van der Waals surface area contributed by atoms with Crippen LogP contribution in [-0.4, -0.2) is 62.1 Å². The molecule has 0 radical (unpaired) electrons. The molecule has 144 valence electrons. The summed E-state index contributed by atoms with van der Waals surface area (Å²) in [6, 6.07) is 9.95. The van der Waals surface area contributed by atoms with Crippen LogP contribution in [0, 0.1) is 5.92 Å². The lowest BCUT2D eigenvalue weighted by molar-refractivity contribution is -0.133. The van der Waals surface area contributed by atoms with Crippen LogP contribution in [0.4, 0.5) is 0 Å². The van der Waals surface area contributed by atoms with Crippen LogP contribution in [0.3, 0.4) is 0 Å². The molecule has 1 saturated carbocycles. The molecular formula is C20H28N6O. The predicted molar refractivity (Wildman–Crippen MR) is 102 cm³/mol. The van der Waals surface area contributed by atoms with Gasteiger partial charge in [0.25, 0.3) is 0 Å². The number of aromatic nitrogens is 4. The van der Waals surface area contributed by atoms with Gasteiger partial charge in [-0.2, -0.15) is 4.68 Å². The van der Waals surface area contributed by atoms with Crippen LogP contribution in [0.5, 0.6) is 0 Å². The Bertz CT molecular complexity index is 732. The standard InChI is InChI=1S/C20H28N6O/c27-20(11-10-17-6-4-5-7-17)25-14-12-24(13-15-25)16-19-21-22-23-26(19)18-8-2-1-3-9-18/h1-3,8-9,17H,4-7,10-16H2. The van der Waals surface area contributed by atoms with E-state index in [0.717, 1.165) is 56.5 Å². The zero-order chi connectivity index (χ0) is 18.5. The minimum absolute atomic E-state index is 0.329. The molecule has 7 nitrogen and oxygen atoms in total. The second-order valence-corrected chi connectivity index (χ2v) is 7.69. The lowest BCUT2D eigenvalue weighted by atomic mass is 10.0. The van der Waals surface area contributed by atoms with E-state index in [1.54, 1.807) is 4.68 Å². The van der Waals surface area contributed by atoms with E-state index < -0.39 is 0 Å². The topological polar surface area (TPSA) is 67.2 Å². The van der Waals surface area contributed by atoms with Gasteiger partial charge in [-0.25, -0.2) is 0 Å². The van der Waals surface area contributed by atoms with Crippen molar-refractivity contribution in [3.8, 4) is 5.69 Å². The first kappa shape index (κ1) is 18.1. The van der Waals surface area contributed by atoms with Crippen molar-refractivity contribution in [2.24, 2.45) is 5.92 Å². The second kappa shape index (κ2) is 8.61. The Morgan fingerprint density at radius 2 is 1.78 bits per heavy atom. The molecule has 2 aromatic rings. The Morgan fingerprint density at radius 1 is 1.04 bits per heavy atom. The van der Waals surface area contributed by atoms with Gasteiger partial charge in [-0.1, -0.05) is 43.9 Å². The number of benzene rings is 1. The van der Waals surface area contributed by atoms with Gasteiger partial charge in [0.15, 0.2) is 5.82 Å². The third-order valence-corrected chi connectivity index (χ3v) is 5.87. The summed E-state index contributed by atoms with van der Waals surface area (Å²) < 4.78 is 1.79. The number of tetrazole rings is 1. The highest BCUT2D eigenvalue weighted by Crippen LogP contribution is 2.28. The molecule has 1 aliphatic carbocycles. The number of carbonyl (C=O) groups excluding carboxylic acids is 1. The van der Waals surface area contributed by atoms with Crippen LogP contribution in [0.2, 0.25) is 0 Å². The van der Waals surface area contributed by atoms with E-state index in [1.165, 1.54) is 25.7 Å². The van der Waals surface area contributed by atoms with E-state index in [4.69, 9.17) is 0 Å². The number of rotatable bonds is 6. The van der Waals surface area contributed by atoms with Crippen LogP contribution >= 0.6 is 0 Å². The molecule has 1 aromatic heterocycles. The number of para-hydroxylation sites is 1. The van der Waals surface area contributed by atoms with Crippen molar-refractivity contribution in [2.75, 3.05) is 26.2 Å². The molecule has 0 bridgehead atoms. The molecule has 1 aromatic carbocycles. The fraction of sp³-hybridized carbons (Fsp3) is 0.600. The van der Waals surface area contributed by atoms with E-state index in [0.29, 0.717) is 12.5 Å². The summed E-state index contributed by atoms with van der Waals surface area (Å²) in [6.07, 6.45) is 7.12. The maximum atomic E-state index is 12.5. The third-order valence-electron chi connectivity index (χ3n) is 5.87. The molecule has 1 saturated heterocycles. The van der Waals surface area contributed by atoms with Crippen molar-refractivity contribution in [1.82, 2.24) is 30.0 Å². The Kier molecular flexibility index (Phi) is 5.77. The number of nitrogens with zero attached hydrogens (tertiary/aromatic N) is 6. The van der Waals surface area contributed by atoms with Crippen molar-refractivity contribution in [3.05, 3.63) is 36.2 Å². The normalized spacial score (nSPS) is 18.9. The van der Waals surface area contributed by atoms with Crippen molar-refractivity contribution >= 4 is 5.91 Å². The molecule has 7 heteroatoms. The predicted octanol–water partition coefficient (Wildman–Crippen LogP) is 2.28. The maximum Gasteiger partial charge on any atom is 0.222 e. The molecule has 1 aliphatic heterocycles. The van der Waals surface area contributed by atoms with Crippen molar-refractivity contribution in [3.63, 3.8) is 0 Å². The SMILES string of the molecule is O=C(CCC1CCCC1)N1CCN(Cc2nnnn2-c2ccccc2)CC1. The summed E-state index contributed by atoms with van der Waals surface area (Å²) in [4.78, 5) is 16.8. The summed E-state index contributed by atoms with van der Waals surface area (Å²) in [7, 11) is 0. The summed E-state index contributed by atoms with van der Waals surface area (Å²) in [5.41, 5.74) is 0.971. The monoisotopic (exact) mass is 368 g/mol. The molecule has 2 fully saturated rings. The van der Waals surface area contributed by atoms with Gasteiger partial charge in [0.05, 0.1) is 12.2 Å². The fourth-order valence-corrected chi connectivity index (χ4v) is 4.21. The number of hydrogen-bond acceptors (Lipinski definition) is 5. The van der Waals surface area contributed by atoms with E-state index in [9.17, 15) is 4.79 Å². The number of amides is 1. The molecule has 4 rings (SSSR count). The first-order valence-electron chi connectivity index (χ1n) is 10.1. The average Bonchev–Trinajstić information content (AvgIpc) is 3.39. The smallest absolute Gasteiger partial charge is 0.222 e. The lowest BCUT2D eigenvalue weighted by Crippen LogP contribution is -2.48. The number of hydrogen-bond donors (Lipinski definition) is 0. The lowest BCUT2D eigenvalue weighted by Gasteiger charge is -2.34. The van der Waals surface area contributed by atoms with Crippen LogP contribution in [0.25, 0.3) is 5.69 Å². The highest BCUT2D eigenvalue weighted by molar-refractivity contribution is 5.76. The van der Waals surface area contributed by atoms with Crippen molar-refractivity contribution in [2.45, 2.75) is 45.1 Å². The molecule has 1 amide bonds. The van der Waals surface area contributed by atoms with E-state index in [-0.39, 0.29) is 0 Å². The van der Waals surface area contributed by atoms with E-state index >= 15 is 0 Å². The molecule has 2 heterocycles. The Hall–Kier alpha value is -2.28. The summed E-state index contributed by atoms with van der Waals surface area (Å²) >= 11 is 0. The van der Waals surface area contributed by atoms with Gasteiger partial charge in [-0.15, -0.1) is 5.10 Å². The van der Waals surface area contributed by atoms with Crippen molar-refractivity contribution < 1.29 is 4.79 Å². The highest BCUT2D eigenvalue weighted by atomic mass is 16.2. The highest BCUT2D eigenvalue weighted by Gasteiger charge is 2.24. The minimum atomic E-state index is 0.329. The van der Waals surface area contributed by atoms with Gasteiger partial charge in [-0.3, -0.25) is 9.69 Å². The largest absolute Gasteiger partial charge is 0.340 e. The van der Waals surface area contributed by atoms with Crippen LogP contribution in [-0.2, 0) is 11.3 Å². The van der Waals surface area contributed by atoms with Gasteiger partial charge in [-0.05, 0) is 34.9 Å². The van der Waals surface area contributed by atoms with Gasteiger partial charge in [0.1, 0.15) is 0 Å². The van der Waals surface area contributed by atoms with Gasteiger partial charge in [0.2, 0.25) is 5.91 Å². The second-order valence-electron chi connectivity index (χ2n) is 7.69. The summed E-state index contributed by atoms with van der Waals surface area (Å²) in [5.74, 6) is 1.95. The molecular weight excluding hydrogens is 340 g/mol. The Labute approximate surface area is 160 Å². The number of carbonyl (C=O) groups is 1. The number of piperazine rings is 1. The van der Waals surface area contributed by atoms with Crippen LogP contribution in [0.15, 0.2) is 30.3 Å². The van der Waals surface area contributed by atoms with Crippen LogP contribution < -0.4 is 0 Å². The molecule has 0 atom stereocenters. The first-order chi connectivity index (χ1) is 13.3. The van der Waals surface area contributed by atoms with Crippen molar-refractivity contribution in [1.29, 1.82) is 0 Å². The van der Waals surface area contributed by atoms with Gasteiger partial charge in [0, 0.05) is 32.6 Å². The first-order valence-corrected chi connectivity index (χ1v) is 10.1. The molecule has 27 heavy (non-hydrogen) atoms. The molecule has 2 aliphatic rings. The van der Waals surface area contributed by atoms with E-state index in [1.807, 2.05) is 35.2 Å². The minimum Gasteiger partial charge on any atom is -0.340 e. The Morgan fingerprint density at radius 3 is 2.52 bits per heavy atom. The Balaban J connectivity index is 1.26. The van der Waals surface area contributed by atoms with Crippen LogP contribution in [0.1, 0.15) is 44.3 Å². The molecule has 0 unspecified atom stereocenters. The zero-order valence-electron chi connectivity index (χ0n) is 15.8. The van der Waals surface area contributed by atoms with Gasteiger partial charge >= 0.3 is 0 Å². The summed E-state index contributed by atoms with van der Waals surface area (Å²) in [6.45, 7) is 4.05. The zero-order valence-corrected chi connectivity index (χ0v) is 15.8. The molecule has 0 N–H and O–H groups in total. The van der Waals surface area contributed by atoms with E-state index in [2.05, 4.69) is 20.4 Å².